The van der Waals surface area contributed by atoms with Crippen molar-refractivity contribution in [3.63, 3.8) is 0 Å². The fraction of sp³-hybridized carbons (Fsp3) is 0.500. The number of nitrogens with two attached hydrogens (primary N) is 1. The van der Waals surface area contributed by atoms with E-state index in [0.717, 1.165) is 0 Å². The number of amides is 3. The third-order valence-electron chi connectivity index (χ3n) is 4.97. The molecule has 0 radical (unpaired) electrons. The molecule has 12 heteroatoms. The molecular weight excluding hydrogens is 448 g/mol. The minimum atomic E-state index is -1.47. The number of aliphatic hydroxyl groups is 1. The van der Waals surface area contributed by atoms with E-state index in [1.165, 1.54) is 0 Å². The van der Waals surface area contributed by atoms with Crippen molar-refractivity contribution in [1.29, 1.82) is 0 Å². The second-order valence-electron chi connectivity index (χ2n) is 8.10. The number of rotatable bonds is 14. The Kier molecular flexibility index (Phi) is 11.7. The summed E-state index contributed by atoms with van der Waals surface area (Å²) in [6.45, 7) is 2.36. The molecule has 0 aliphatic heterocycles. The molecule has 1 aromatic rings. The lowest BCUT2D eigenvalue weighted by Crippen LogP contribution is -2.59. The van der Waals surface area contributed by atoms with E-state index in [-0.39, 0.29) is 19.3 Å². The number of carbonyl (C=O) groups excluding carboxylic acids is 3. The quantitative estimate of drug-likeness (QED) is 0.167. The fourth-order valence-electron chi connectivity index (χ4n) is 2.98. The summed E-state index contributed by atoms with van der Waals surface area (Å²) in [5, 5.41) is 34.7. The minimum absolute atomic E-state index is 0.0214. The molecule has 0 aliphatic rings. The van der Waals surface area contributed by atoms with Crippen LogP contribution in [-0.4, -0.2) is 75.8 Å². The van der Waals surface area contributed by atoms with Crippen molar-refractivity contribution < 1.29 is 39.3 Å². The van der Waals surface area contributed by atoms with Crippen molar-refractivity contribution in [3.05, 3.63) is 35.9 Å². The Bertz CT molecular complexity index is 862. The van der Waals surface area contributed by atoms with Crippen LogP contribution in [0.15, 0.2) is 30.3 Å². The predicted molar refractivity (Wildman–Crippen MR) is 120 cm³/mol. The van der Waals surface area contributed by atoms with Crippen molar-refractivity contribution in [2.24, 2.45) is 11.7 Å². The third kappa shape index (κ3) is 9.55. The summed E-state index contributed by atoms with van der Waals surface area (Å²) in [7, 11) is 0. The smallest absolute Gasteiger partial charge is 0.326 e. The minimum Gasteiger partial charge on any atom is -0.481 e. The molecule has 0 aromatic heterocycles. The molecule has 0 spiro atoms. The first kappa shape index (κ1) is 28.5. The van der Waals surface area contributed by atoms with Gasteiger partial charge in [-0.25, -0.2) is 4.79 Å². The summed E-state index contributed by atoms with van der Waals surface area (Å²) in [6.07, 6.45) is -0.459. The first-order valence-electron chi connectivity index (χ1n) is 10.7. The molecule has 188 valence electrons. The second kappa shape index (κ2) is 13.9. The van der Waals surface area contributed by atoms with Crippen LogP contribution in [0.25, 0.3) is 0 Å². The van der Waals surface area contributed by atoms with Crippen LogP contribution in [0.1, 0.15) is 32.3 Å². The maximum absolute atomic E-state index is 12.9. The van der Waals surface area contributed by atoms with E-state index in [9.17, 15) is 34.2 Å². The zero-order valence-corrected chi connectivity index (χ0v) is 19.1. The number of carboxylic acid groups (broad SMARTS) is 2. The SMILES string of the molecule is CC(C)C(NC(=O)C(CO)NC(=O)C(Cc1ccccc1)NC(=O)C(N)CCC(=O)O)C(=O)O. The van der Waals surface area contributed by atoms with Crippen LogP contribution in [0.3, 0.4) is 0 Å². The number of carboxylic acids is 2. The number of aliphatic carboxylic acids is 2. The Hall–Kier alpha value is -3.51. The van der Waals surface area contributed by atoms with Gasteiger partial charge in [-0.3, -0.25) is 19.2 Å². The Morgan fingerprint density at radius 2 is 1.44 bits per heavy atom. The number of carbonyl (C=O) groups is 5. The largest absolute Gasteiger partial charge is 0.481 e. The molecule has 34 heavy (non-hydrogen) atoms. The van der Waals surface area contributed by atoms with Gasteiger partial charge in [0.2, 0.25) is 17.7 Å². The molecule has 0 aliphatic carbocycles. The summed E-state index contributed by atoms with van der Waals surface area (Å²) in [4.78, 5) is 59.9. The van der Waals surface area contributed by atoms with Crippen molar-refractivity contribution in [3.8, 4) is 0 Å². The van der Waals surface area contributed by atoms with Crippen LogP contribution in [-0.2, 0) is 30.4 Å². The number of benzene rings is 1. The van der Waals surface area contributed by atoms with Gasteiger partial charge in [0.15, 0.2) is 0 Å². The molecule has 0 bridgehead atoms. The zero-order chi connectivity index (χ0) is 25.8. The lowest BCUT2D eigenvalue weighted by molar-refractivity contribution is -0.144. The molecule has 0 saturated heterocycles. The Balaban J connectivity index is 2.97. The van der Waals surface area contributed by atoms with E-state index in [4.69, 9.17) is 10.8 Å². The molecule has 0 saturated carbocycles. The van der Waals surface area contributed by atoms with Gasteiger partial charge in [-0.05, 0) is 17.9 Å². The summed E-state index contributed by atoms with van der Waals surface area (Å²) in [6, 6.07) is 3.57. The maximum atomic E-state index is 12.9. The first-order valence-corrected chi connectivity index (χ1v) is 10.7. The monoisotopic (exact) mass is 480 g/mol. The number of nitrogens with one attached hydrogen (secondary N) is 3. The maximum Gasteiger partial charge on any atom is 0.326 e. The molecular formula is C22H32N4O8. The second-order valence-corrected chi connectivity index (χ2v) is 8.10. The Labute approximate surface area is 196 Å². The van der Waals surface area contributed by atoms with Gasteiger partial charge in [0, 0.05) is 12.8 Å². The summed E-state index contributed by atoms with van der Waals surface area (Å²) in [5.74, 6) is -5.31. The number of aliphatic hydroxyl groups excluding tert-OH is 1. The molecule has 0 fully saturated rings. The van der Waals surface area contributed by atoms with Crippen molar-refractivity contribution in [2.45, 2.75) is 57.3 Å². The topological polar surface area (TPSA) is 208 Å². The average Bonchev–Trinajstić information content (AvgIpc) is 2.78. The van der Waals surface area contributed by atoms with Gasteiger partial charge in [0.25, 0.3) is 0 Å². The highest BCUT2D eigenvalue weighted by molar-refractivity contribution is 5.94. The van der Waals surface area contributed by atoms with Crippen LogP contribution in [0.2, 0.25) is 0 Å². The predicted octanol–water partition coefficient (Wildman–Crippen LogP) is -1.39. The van der Waals surface area contributed by atoms with E-state index in [2.05, 4.69) is 16.0 Å². The Morgan fingerprint density at radius 3 is 1.94 bits per heavy atom. The van der Waals surface area contributed by atoms with E-state index in [0.29, 0.717) is 5.56 Å². The van der Waals surface area contributed by atoms with E-state index in [1.807, 2.05) is 0 Å². The highest BCUT2D eigenvalue weighted by Crippen LogP contribution is 2.06. The number of hydrogen-bond donors (Lipinski definition) is 7. The molecule has 12 nitrogen and oxygen atoms in total. The third-order valence-corrected chi connectivity index (χ3v) is 4.97. The van der Waals surface area contributed by atoms with Crippen LogP contribution in [0.4, 0.5) is 0 Å². The van der Waals surface area contributed by atoms with Crippen molar-refractivity contribution in [1.82, 2.24) is 16.0 Å². The standard InChI is InChI=1S/C22H32N4O8/c1-12(2)18(22(33)34)26-21(32)16(11-27)25-20(31)15(10-13-6-4-3-5-7-13)24-19(30)14(23)8-9-17(28)29/h3-7,12,14-16,18,27H,8-11,23H2,1-2H3,(H,24,30)(H,25,31)(H,26,32)(H,28,29)(H,33,34). The molecule has 4 atom stereocenters. The lowest BCUT2D eigenvalue weighted by atomic mass is 10.0. The highest BCUT2D eigenvalue weighted by atomic mass is 16.4. The van der Waals surface area contributed by atoms with Crippen molar-refractivity contribution >= 4 is 29.7 Å². The summed E-state index contributed by atoms with van der Waals surface area (Å²) < 4.78 is 0. The molecule has 0 heterocycles. The van der Waals surface area contributed by atoms with Crippen LogP contribution < -0.4 is 21.7 Å². The first-order chi connectivity index (χ1) is 16.0. The van der Waals surface area contributed by atoms with E-state index < -0.39 is 66.4 Å². The van der Waals surface area contributed by atoms with E-state index >= 15 is 0 Å². The van der Waals surface area contributed by atoms with Gasteiger partial charge in [0.1, 0.15) is 18.1 Å². The van der Waals surface area contributed by atoms with E-state index in [1.54, 1.807) is 44.2 Å². The van der Waals surface area contributed by atoms with Gasteiger partial charge in [-0.1, -0.05) is 44.2 Å². The number of hydrogen-bond acceptors (Lipinski definition) is 7. The van der Waals surface area contributed by atoms with Gasteiger partial charge in [-0.2, -0.15) is 0 Å². The van der Waals surface area contributed by atoms with Gasteiger partial charge < -0.3 is 37.0 Å². The molecule has 8 N–H and O–H groups in total. The Morgan fingerprint density at radius 1 is 0.882 bits per heavy atom. The normalized spacial score (nSPS) is 14.4. The molecule has 1 aromatic carbocycles. The molecule has 1 rings (SSSR count). The van der Waals surface area contributed by atoms with Gasteiger partial charge in [-0.15, -0.1) is 0 Å². The highest BCUT2D eigenvalue weighted by Gasteiger charge is 2.31. The average molecular weight is 481 g/mol. The summed E-state index contributed by atoms with van der Waals surface area (Å²) >= 11 is 0. The zero-order valence-electron chi connectivity index (χ0n) is 19.1. The van der Waals surface area contributed by atoms with Crippen molar-refractivity contribution in [2.75, 3.05) is 6.61 Å². The molecule has 4 unspecified atom stereocenters. The molecule has 3 amide bonds. The van der Waals surface area contributed by atoms with Crippen LogP contribution in [0, 0.1) is 5.92 Å². The lowest BCUT2D eigenvalue weighted by Gasteiger charge is -2.25. The van der Waals surface area contributed by atoms with Crippen LogP contribution in [0.5, 0.6) is 0 Å². The van der Waals surface area contributed by atoms with Gasteiger partial charge >= 0.3 is 11.9 Å². The summed E-state index contributed by atoms with van der Waals surface area (Å²) in [5.41, 5.74) is 6.41. The van der Waals surface area contributed by atoms with Crippen LogP contribution >= 0.6 is 0 Å². The van der Waals surface area contributed by atoms with Gasteiger partial charge in [0.05, 0.1) is 12.6 Å². The fourth-order valence-corrected chi connectivity index (χ4v) is 2.98.